The van der Waals surface area contributed by atoms with Crippen molar-refractivity contribution in [3.05, 3.63) is 69.7 Å². The Morgan fingerprint density at radius 3 is 2.48 bits per heavy atom. The van der Waals surface area contributed by atoms with E-state index in [0.29, 0.717) is 10.9 Å². The SMILES string of the molecule is Clc1ccc(CC(CNC2CC2)c2ccccc2)c(Cl)c1. The molecule has 0 bridgehead atoms. The third-order valence-corrected chi connectivity index (χ3v) is 4.57. The lowest BCUT2D eigenvalue weighted by atomic mass is 9.92. The van der Waals surface area contributed by atoms with Crippen LogP contribution in [0.5, 0.6) is 0 Å². The van der Waals surface area contributed by atoms with Crippen LogP contribution in [0.25, 0.3) is 0 Å². The van der Waals surface area contributed by atoms with Crippen LogP contribution in [0.3, 0.4) is 0 Å². The minimum absolute atomic E-state index is 0.436. The summed E-state index contributed by atoms with van der Waals surface area (Å²) in [5.41, 5.74) is 2.52. The molecule has 1 fully saturated rings. The number of nitrogens with one attached hydrogen (secondary N) is 1. The molecule has 110 valence electrons. The van der Waals surface area contributed by atoms with Crippen LogP contribution in [-0.2, 0) is 6.42 Å². The van der Waals surface area contributed by atoms with E-state index in [-0.39, 0.29) is 0 Å². The second-order valence-corrected chi connectivity index (χ2v) is 6.57. The molecule has 0 saturated heterocycles. The molecule has 1 saturated carbocycles. The molecule has 0 aliphatic heterocycles. The number of rotatable bonds is 6. The molecule has 0 amide bonds. The zero-order valence-electron chi connectivity index (χ0n) is 11.9. The molecule has 0 radical (unpaired) electrons. The number of benzene rings is 2. The van der Waals surface area contributed by atoms with Crippen LogP contribution in [0.1, 0.15) is 29.9 Å². The van der Waals surface area contributed by atoms with Gasteiger partial charge in [0.1, 0.15) is 0 Å². The van der Waals surface area contributed by atoms with E-state index in [1.165, 1.54) is 18.4 Å². The van der Waals surface area contributed by atoms with Gasteiger partial charge in [0.05, 0.1) is 0 Å². The van der Waals surface area contributed by atoms with E-state index in [1.54, 1.807) is 0 Å². The van der Waals surface area contributed by atoms with Crippen molar-refractivity contribution in [1.82, 2.24) is 5.32 Å². The van der Waals surface area contributed by atoms with E-state index >= 15 is 0 Å². The summed E-state index contributed by atoms with van der Waals surface area (Å²) in [7, 11) is 0. The summed E-state index contributed by atoms with van der Waals surface area (Å²) in [6.45, 7) is 0.994. The van der Waals surface area contributed by atoms with Crippen molar-refractivity contribution < 1.29 is 0 Å². The van der Waals surface area contributed by atoms with Crippen molar-refractivity contribution in [1.29, 1.82) is 0 Å². The Bertz CT molecular complexity index is 593. The van der Waals surface area contributed by atoms with Crippen molar-refractivity contribution in [3.8, 4) is 0 Å². The first kappa shape index (κ1) is 14.9. The topological polar surface area (TPSA) is 12.0 Å². The second kappa shape index (κ2) is 6.83. The van der Waals surface area contributed by atoms with E-state index in [1.807, 2.05) is 18.2 Å². The van der Waals surface area contributed by atoms with Crippen LogP contribution in [0.2, 0.25) is 10.0 Å². The van der Waals surface area contributed by atoms with E-state index in [4.69, 9.17) is 23.2 Å². The normalized spacial score (nSPS) is 15.9. The Morgan fingerprint density at radius 2 is 1.81 bits per heavy atom. The highest BCUT2D eigenvalue weighted by Gasteiger charge is 2.23. The van der Waals surface area contributed by atoms with Crippen molar-refractivity contribution in [2.75, 3.05) is 6.54 Å². The molecule has 0 spiro atoms. The fraction of sp³-hybridized carbons (Fsp3) is 0.333. The minimum atomic E-state index is 0.436. The van der Waals surface area contributed by atoms with Gasteiger partial charge in [-0.3, -0.25) is 0 Å². The van der Waals surface area contributed by atoms with Crippen LogP contribution in [0.4, 0.5) is 0 Å². The Hall–Kier alpha value is -1.02. The monoisotopic (exact) mass is 319 g/mol. The first-order chi connectivity index (χ1) is 10.2. The van der Waals surface area contributed by atoms with Crippen LogP contribution >= 0.6 is 23.2 Å². The van der Waals surface area contributed by atoms with E-state index in [0.717, 1.165) is 29.6 Å². The summed E-state index contributed by atoms with van der Waals surface area (Å²) in [6, 6.07) is 17.2. The highest BCUT2D eigenvalue weighted by atomic mass is 35.5. The van der Waals surface area contributed by atoms with Gasteiger partial charge in [0.2, 0.25) is 0 Å². The Balaban J connectivity index is 1.77. The fourth-order valence-corrected chi connectivity index (χ4v) is 3.07. The summed E-state index contributed by atoms with van der Waals surface area (Å²) in [6.07, 6.45) is 3.55. The maximum Gasteiger partial charge on any atom is 0.0453 e. The van der Waals surface area contributed by atoms with Gasteiger partial charge in [-0.15, -0.1) is 0 Å². The molecule has 1 atom stereocenters. The molecule has 1 aliphatic carbocycles. The fourth-order valence-electron chi connectivity index (χ4n) is 2.58. The molecule has 0 heterocycles. The van der Waals surface area contributed by atoms with Gasteiger partial charge in [-0.25, -0.2) is 0 Å². The first-order valence-electron chi connectivity index (χ1n) is 7.44. The van der Waals surface area contributed by atoms with Crippen molar-refractivity contribution in [2.45, 2.75) is 31.2 Å². The third kappa shape index (κ3) is 4.23. The summed E-state index contributed by atoms with van der Waals surface area (Å²) in [5.74, 6) is 0.436. The lowest BCUT2D eigenvalue weighted by molar-refractivity contribution is 0.577. The van der Waals surface area contributed by atoms with Crippen LogP contribution in [0.15, 0.2) is 48.5 Å². The second-order valence-electron chi connectivity index (χ2n) is 5.73. The average Bonchev–Trinajstić information content (AvgIpc) is 3.31. The van der Waals surface area contributed by atoms with Gasteiger partial charge in [0.15, 0.2) is 0 Å². The molecule has 2 aromatic rings. The predicted molar refractivity (Wildman–Crippen MR) is 90.4 cm³/mol. The number of hydrogen-bond donors (Lipinski definition) is 1. The third-order valence-electron chi connectivity index (χ3n) is 3.98. The first-order valence-corrected chi connectivity index (χ1v) is 8.20. The lowest BCUT2D eigenvalue weighted by Crippen LogP contribution is -2.24. The Kier molecular flexibility index (Phi) is 4.84. The van der Waals surface area contributed by atoms with E-state index < -0.39 is 0 Å². The van der Waals surface area contributed by atoms with Gasteiger partial charge < -0.3 is 5.32 Å². The number of hydrogen-bond acceptors (Lipinski definition) is 1. The van der Waals surface area contributed by atoms with Crippen molar-refractivity contribution in [2.24, 2.45) is 0 Å². The largest absolute Gasteiger partial charge is 0.313 e. The molecule has 2 aromatic carbocycles. The molecule has 0 aromatic heterocycles. The van der Waals surface area contributed by atoms with Crippen LogP contribution in [0, 0.1) is 0 Å². The standard InChI is InChI=1S/C18H19Cl2N/c19-16-7-6-14(18(20)11-16)10-15(12-21-17-8-9-17)13-4-2-1-3-5-13/h1-7,11,15,17,21H,8-10,12H2. The molecule has 3 rings (SSSR count). The van der Waals surface area contributed by atoms with E-state index in [9.17, 15) is 0 Å². The van der Waals surface area contributed by atoms with Crippen LogP contribution in [-0.4, -0.2) is 12.6 Å². The molecule has 21 heavy (non-hydrogen) atoms. The summed E-state index contributed by atoms with van der Waals surface area (Å²) < 4.78 is 0. The minimum Gasteiger partial charge on any atom is -0.313 e. The smallest absolute Gasteiger partial charge is 0.0453 e. The molecule has 1 N–H and O–H groups in total. The average molecular weight is 320 g/mol. The molecular weight excluding hydrogens is 301 g/mol. The highest BCUT2D eigenvalue weighted by molar-refractivity contribution is 6.35. The van der Waals surface area contributed by atoms with Gasteiger partial charge in [-0.05, 0) is 42.5 Å². The van der Waals surface area contributed by atoms with Crippen LogP contribution < -0.4 is 5.32 Å². The summed E-state index contributed by atoms with van der Waals surface area (Å²) in [5, 5.41) is 5.09. The van der Waals surface area contributed by atoms with Crippen molar-refractivity contribution >= 4 is 23.2 Å². The quantitative estimate of drug-likeness (QED) is 0.783. The summed E-state index contributed by atoms with van der Waals surface area (Å²) in [4.78, 5) is 0. The maximum atomic E-state index is 6.33. The van der Waals surface area contributed by atoms with E-state index in [2.05, 4.69) is 35.6 Å². The van der Waals surface area contributed by atoms with Gasteiger partial charge in [-0.2, -0.15) is 0 Å². The molecule has 1 nitrogen and oxygen atoms in total. The van der Waals surface area contributed by atoms with Gasteiger partial charge >= 0.3 is 0 Å². The molecule has 3 heteroatoms. The zero-order chi connectivity index (χ0) is 14.7. The predicted octanol–water partition coefficient (Wildman–Crippen LogP) is 5.07. The highest BCUT2D eigenvalue weighted by Crippen LogP contribution is 2.28. The zero-order valence-corrected chi connectivity index (χ0v) is 13.4. The molecule has 1 aliphatic rings. The van der Waals surface area contributed by atoms with Gasteiger partial charge in [-0.1, -0.05) is 59.6 Å². The summed E-state index contributed by atoms with van der Waals surface area (Å²) >= 11 is 12.3. The molecular formula is C18H19Cl2N. The van der Waals surface area contributed by atoms with Crippen molar-refractivity contribution in [3.63, 3.8) is 0 Å². The van der Waals surface area contributed by atoms with Gasteiger partial charge in [0.25, 0.3) is 0 Å². The number of halogens is 2. The Labute approximate surface area is 136 Å². The Morgan fingerprint density at radius 1 is 1.05 bits per heavy atom. The molecule has 1 unspecified atom stereocenters. The maximum absolute atomic E-state index is 6.33. The van der Waals surface area contributed by atoms with Gasteiger partial charge in [0, 0.05) is 28.5 Å². The lowest BCUT2D eigenvalue weighted by Gasteiger charge is -2.19.